The van der Waals surface area contributed by atoms with Gasteiger partial charge in [0.15, 0.2) is 23.3 Å². The molecule has 206 valence electrons. The van der Waals surface area contributed by atoms with Crippen LogP contribution in [0.25, 0.3) is 22.8 Å². The first-order valence-electron chi connectivity index (χ1n) is 12.6. The van der Waals surface area contributed by atoms with Gasteiger partial charge in [-0.25, -0.2) is 15.0 Å². The van der Waals surface area contributed by atoms with Crippen molar-refractivity contribution in [3.63, 3.8) is 0 Å². The fourth-order valence-corrected chi connectivity index (χ4v) is 3.61. The van der Waals surface area contributed by atoms with Crippen molar-refractivity contribution in [1.82, 2.24) is 24.9 Å². The van der Waals surface area contributed by atoms with Crippen LogP contribution in [-0.2, 0) is 0 Å². The third kappa shape index (κ3) is 6.60. The average Bonchev–Trinajstić information content (AvgIpc) is 3.06. The molecule has 0 aliphatic heterocycles. The predicted molar refractivity (Wildman–Crippen MR) is 162 cm³/mol. The van der Waals surface area contributed by atoms with Crippen LogP contribution in [0, 0.1) is 0 Å². The minimum Gasteiger partial charge on any atom is -0.380 e. The maximum atomic E-state index is 6.12. The van der Waals surface area contributed by atoms with Gasteiger partial charge in [-0.15, -0.1) is 20.4 Å². The fourth-order valence-electron chi connectivity index (χ4n) is 3.61. The molecule has 0 saturated carbocycles. The molecule has 0 aliphatic carbocycles. The lowest BCUT2D eigenvalue weighted by atomic mass is 10.2. The van der Waals surface area contributed by atoms with Gasteiger partial charge in [0.05, 0.1) is 22.8 Å². The SMILES string of the molecule is N/C(=N\N=C(/N)c1cccc(-c2ccccn2)n1)c1cccc(/C(N)=N/N=C(\N)c2cccc(-c3ccccn3)n2)n1. The summed E-state index contributed by atoms with van der Waals surface area (Å²) in [5.41, 5.74) is 28.6. The second-order valence-electron chi connectivity index (χ2n) is 8.60. The lowest BCUT2D eigenvalue weighted by molar-refractivity contribution is 1.14. The second-order valence-corrected chi connectivity index (χ2v) is 8.60. The molecule has 0 aromatic carbocycles. The monoisotopic (exact) mass is 555 g/mol. The third-order valence-electron chi connectivity index (χ3n) is 5.68. The molecule has 13 nitrogen and oxygen atoms in total. The average molecular weight is 556 g/mol. The Bertz CT molecular complexity index is 1680. The van der Waals surface area contributed by atoms with Gasteiger partial charge in [0.25, 0.3) is 0 Å². The summed E-state index contributed by atoms with van der Waals surface area (Å²) in [7, 11) is 0. The van der Waals surface area contributed by atoms with Crippen molar-refractivity contribution in [2.75, 3.05) is 0 Å². The van der Waals surface area contributed by atoms with Crippen molar-refractivity contribution < 1.29 is 0 Å². The van der Waals surface area contributed by atoms with Crippen LogP contribution in [0.3, 0.4) is 0 Å². The minimum atomic E-state index is 0.00651. The fraction of sp³-hybridized carbons (Fsp3) is 0. The van der Waals surface area contributed by atoms with E-state index in [1.807, 2.05) is 48.5 Å². The van der Waals surface area contributed by atoms with Crippen LogP contribution in [0.15, 0.2) is 124 Å². The lowest BCUT2D eigenvalue weighted by Gasteiger charge is -2.04. The van der Waals surface area contributed by atoms with E-state index in [0.717, 1.165) is 0 Å². The number of rotatable bonds is 8. The summed E-state index contributed by atoms with van der Waals surface area (Å²) in [4.78, 5) is 22.0. The molecule has 5 aromatic heterocycles. The molecule has 0 radical (unpaired) electrons. The zero-order valence-electron chi connectivity index (χ0n) is 22.1. The van der Waals surface area contributed by atoms with Crippen LogP contribution >= 0.6 is 0 Å². The molecule has 42 heavy (non-hydrogen) atoms. The van der Waals surface area contributed by atoms with Gasteiger partial charge in [0.2, 0.25) is 0 Å². The molecular formula is C29H25N13. The number of hydrogen-bond acceptors (Lipinski definition) is 9. The molecule has 0 unspecified atom stereocenters. The summed E-state index contributed by atoms with van der Waals surface area (Å²) in [5, 5.41) is 16.1. The molecule has 0 aliphatic rings. The number of amidine groups is 4. The van der Waals surface area contributed by atoms with E-state index in [1.54, 1.807) is 54.9 Å². The van der Waals surface area contributed by atoms with E-state index in [0.29, 0.717) is 45.6 Å². The topological polar surface area (TPSA) is 218 Å². The maximum Gasteiger partial charge on any atom is 0.172 e. The van der Waals surface area contributed by atoms with Gasteiger partial charge in [-0.3, -0.25) is 9.97 Å². The molecule has 13 heteroatoms. The standard InChI is InChI=1S/C29H25N13/c30-26(22-12-5-10-20(36-22)18-8-1-3-16-34-18)39-41-28(32)24-14-7-15-25(38-24)29(33)42-40-27(31)23-13-6-11-21(37-23)19-9-2-4-17-35-19/h1-17H,(H2,30,39)(H2,31,40)(H2,32,41)(H2,33,42). The van der Waals surface area contributed by atoms with Crippen molar-refractivity contribution in [1.29, 1.82) is 0 Å². The van der Waals surface area contributed by atoms with E-state index in [-0.39, 0.29) is 23.3 Å². The van der Waals surface area contributed by atoms with E-state index in [9.17, 15) is 0 Å². The predicted octanol–water partition coefficient (Wildman–Crippen LogP) is 2.05. The highest BCUT2D eigenvalue weighted by Gasteiger charge is 2.09. The first-order valence-corrected chi connectivity index (χ1v) is 12.6. The summed E-state index contributed by atoms with van der Waals surface area (Å²) < 4.78 is 0. The van der Waals surface area contributed by atoms with Crippen LogP contribution in [-0.4, -0.2) is 48.3 Å². The Morgan fingerprint density at radius 1 is 0.381 bits per heavy atom. The summed E-state index contributed by atoms with van der Waals surface area (Å²) in [5.74, 6) is 0.149. The molecular weight excluding hydrogens is 530 g/mol. The van der Waals surface area contributed by atoms with Gasteiger partial charge in [0, 0.05) is 12.4 Å². The molecule has 5 aromatic rings. The van der Waals surface area contributed by atoms with E-state index >= 15 is 0 Å². The molecule has 0 bridgehead atoms. The molecule has 5 heterocycles. The van der Waals surface area contributed by atoms with E-state index in [2.05, 4.69) is 45.3 Å². The van der Waals surface area contributed by atoms with E-state index in [1.165, 1.54) is 0 Å². The zero-order valence-corrected chi connectivity index (χ0v) is 22.1. The lowest BCUT2D eigenvalue weighted by Crippen LogP contribution is -2.21. The summed E-state index contributed by atoms with van der Waals surface area (Å²) in [6, 6.07) is 26.8. The quantitative estimate of drug-likeness (QED) is 0.125. The molecule has 5 rings (SSSR count). The number of aromatic nitrogens is 5. The zero-order chi connectivity index (χ0) is 29.3. The Kier molecular flexibility index (Phi) is 8.20. The van der Waals surface area contributed by atoms with Crippen molar-refractivity contribution in [2.45, 2.75) is 0 Å². The minimum absolute atomic E-state index is 0.00651. The Balaban J connectivity index is 1.32. The Morgan fingerprint density at radius 3 is 1.07 bits per heavy atom. The summed E-state index contributed by atoms with van der Waals surface area (Å²) >= 11 is 0. The highest BCUT2D eigenvalue weighted by molar-refractivity contribution is 6.01. The van der Waals surface area contributed by atoms with Gasteiger partial charge in [-0.1, -0.05) is 30.3 Å². The van der Waals surface area contributed by atoms with Crippen LogP contribution in [0.2, 0.25) is 0 Å². The van der Waals surface area contributed by atoms with Gasteiger partial charge >= 0.3 is 0 Å². The van der Waals surface area contributed by atoms with Crippen molar-refractivity contribution >= 4 is 23.3 Å². The van der Waals surface area contributed by atoms with E-state index < -0.39 is 0 Å². The molecule has 0 saturated heterocycles. The van der Waals surface area contributed by atoms with Crippen molar-refractivity contribution in [2.24, 2.45) is 43.3 Å². The highest BCUT2D eigenvalue weighted by Crippen LogP contribution is 2.15. The highest BCUT2D eigenvalue weighted by atomic mass is 15.3. The van der Waals surface area contributed by atoms with Crippen molar-refractivity contribution in [3.8, 4) is 22.8 Å². The van der Waals surface area contributed by atoms with Gasteiger partial charge < -0.3 is 22.9 Å². The smallest absolute Gasteiger partial charge is 0.172 e. The van der Waals surface area contributed by atoms with Crippen LogP contribution in [0.4, 0.5) is 0 Å². The second kappa shape index (κ2) is 12.7. The molecule has 0 fully saturated rings. The number of nitrogens with two attached hydrogens (primary N) is 4. The molecule has 0 spiro atoms. The number of pyridine rings is 5. The van der Waals surface area contributed by atoms with Gasteiger partial charge in [0.1, 0.15) is 22.8 Å². The van der Waals surface area contributed by atoms with Gasteiger partial charge in [-0.05, 0) is 60.7 Å². The molecule has 0 atom stereocenters. The number of hydrogen-bond donors (Lipinski definition) is 4. The summed E-state index contributed by atoms with van der Waals surface area (Å²) in [6.45, 7) is 0. The normalized spacial score (nSPS) is 12.8. The summed E-state index contributed by atoms with van der Waals surface area (Å²) in [6.07, 6.45) is 3.37. The number of nitrogens with zero attached hydrogens (tertiary/aromatic N) is 9. The maximum absolute atomic E-state index is 6.12. The largest absolute Gasteiger partial charge is 0.380 e. The Morgan fingerprint density at radius 2 is 0.714 bits per heavy atom. The Hall–Kier alpha value is -6.37. The van der Waals surface area contributed by atoms with Crippen LogP contribution in [0.5, 0.6) is 0 Å². The molecule has 8 N–H and O–H groups in total. The van der Waals surface area contributed by atoms with Gasteiger partial charge in [-0.2, -0.15) is 0 Å². The van der Waals surface area contributed by atoms with E-state index in [4.69, 9.17) is 22.9 Å². The third-order valence-corrected chi connectivity index (χ3v) is 5.68. The first kappa shape index (κ1) is 27.2. The Labute approximate surface area is 240 Å². The van der Waals surface area contributed by atoms with Crippen LogP contribution < -0.4 is 22.9 Å². The molecule has 0 amide bonds. The van der Waals surface area contributed by atoms with Crippen molar-refractivity contribution in [3.05, 3.63) is 126 Å². The van der Waals surface area contributed by atoms with Crippen LogP contribution in [0.1, 0.15) is 22.8 Å². The first-order chi connectivity index (χ1) is 20.5.